The molecule has 112 valence electrons. The molecule has 0 bridgehead atoms. The van der Waals surface area contributed by atoms with Crippen molar-refractivity contribution >= 4 is 17.1 Å². The van der Waals surface area contributed by atoms with Gasteiger partial charge in [0.05, 0.1) is 30.8 Å². The Morgan fingerprint density at radius 3 is 2.86 bits per heavy atom. The molecule has 0 radical (unpaired) electrons. The van der Waals surface area contributed by atoms with Gasteiger partial charge in [0, 0.05) is 38.3 Å². The van der Waals surface area contributed by atoms with Crippen LogP contribution in [0, 0.1) is 0 Å². The zero-order chi connectivity index (χ0) is 14.7. The van der Waals surface area contributed by atoms with Gasteiger partial charge in [0.2, 0.25) is 5.88 Å². The molecule has 5 heteroatoms. The van der Waals surface area contributed by atoms with Gasteiger partial charge in [-0.2, -0.15) is 0 Å². The van der Waals surface area contributed by atoms with Crippen LogP contribution in [0.2, 0.25) is 0 Å². The standard InChI is InChI=1S/C16H21N3O2/c1-18-15-5-3-2-4-13(15)14(16(18)20)12-17-6-7-19-8-10-21-11-9-19/h2-5,12,20H,6-11H2,1H3. The minimum Gasteiger partial charge on any atom is -0.494 e. The Kier molecular flexibility index (Phi) is 4.22. The summed E-state index contributed by atoms with van der Waals surface area (Å²) in [5.74, 6) is 0.270. The second-order valence-corrected chi connectivity index (χ2v) is 5.30. The van der Waals surface area contributed by atoms with Crippen LogP contribution in [-0.4, -0.2) is 60.2 Å². The van der Waals surface area contributed by atoms with Crippen molar-refractivity contribution in [3.8, 4) is 5.88 Å². The van der Waals surface area contributed by atoms with Gasteiger partial charge in [-0.05, 0) is 6.07 Å². The molecular weight excluding hydrogens is 266 g/mol. The number of rotatable bonds is 4. The Hall–Kier alpha value is -1.85. The molecule has 0 spiro atoms. The highest BCUT2D eigenvalue weighted by molar-refractivity contribution is 6.02. The predicted molar refractivity (Wildman–Crippen MR) is 84.3 cm³/mol. The first kappa shape index (κ1) is 14.1. The fourth-order valence-electron chi connectivity index (χ4n) is 2.72. The van der Waals surface area contributed by atoms with Gasteiger partial charge in [-0.3, -0.25) is 9.89 Å². The lowest BCUT2D eigenvalue weighted by Crippen LogP contribution is -2.37. The molecule has 1 saturated heterocycles. The van der Waals surface area contributed by atoms with E-state index in [1.807, 2.05) is 31.3 Å². The van der Waals surface area contributed by atoms with Crippen LogP contribution in [0.4, 0.5) is 0 Å². The molecule has 1 fully saturated rings. The van der Waals surface area contributed by atoms with Gasteiger partial charge in [-0.25, -0.2) is 0 Å². The molecule has 0 atom stereocenters. The highest BCUT2D eigenvalue weighted by atomic mass is 16.5. The van der Waals surface area contributed by atoms with Crippen LogP contribution in [0.3, 0.4) is 0 Å². The van der Waals surface area contributed by atoms with Crippen LogP contribution in [-0.2, 0) is 11.8 Å². The van der Waals surface area contributed by atoms with Crippen molar-refractivity contribution in [3.63, 3.8) is 0 Å². The molecule has 1 aliphatic heterocycles. The van der Waals surface area contributed by atoms with Crippen molar-refractivity contribution in [3.05, 3.63) is 29.8 Å². The first-order valence-corrected chi connectivity index (χ1v) is 7.33. The molecule has 3 rings (SSSR count). The molecule has 0 unspecified atom stereocenters. The molecule has 1 N–H and O–H groups in total. The Balaban J connectivity index is 1.69. The highest BCUT2D eigenvalue weighted by Gasteiger charge is 2.12. The summed E-state index contributed by atoms with van der Waals surface area (Å²) in [4.78, 5) is 6.83. The van der Waals surface area contributed by atoms with E-state index >= 15 is 0 Å². The van der Waals surface area contributed by atoms with Crippen molar-refractivity contribution in [1.29, 1.82) is 0 Å². The molecule has 0 aliphatic carbocycles. The second kappa shape index (κ2) is 6.28. The van der Waals surface area contributed by atoms with E-state index < -0.39 is 0 Å². The number of hydrogen-bond donors (Lipinski definition) is 1. The fourth-order valence-corrected chi connectivity index (χ4v) is 2.72. The van der Waals surface area contributed by atoms with E-state index in [4.69, 9.17) is 4.74 Å². The average molecular weight is 287 g/mol. The number of aromatic nitrogens is 1. The first-order valence-electron chi connectivity index (χ1n) is 7.33. The van der Waals surface area contributed by atoms with Crippen LogP contribution in [0.5, 0.6) is 5.88 Å². The van der Waals surface area contributed by atoms with E-state index in [1.165, 1.54) is 0 Å². The lowest BCUT2D eigenvalue weighted by Gasteiger charge is -2.25. The Morgan fingerprint density at radius 1 is 1.29 bits per heavy atom. The number of ether oxygens (including phenoxy) is 1. The summed E-state index contributed by atoms with van der Waals surface area (Å²) in [6.07, 6.45) is 1.79. The summed E-state index contributed by atoms with van der Waals surface area (Å²) in [7, 11) is 1.86. The van der Waals surface area contributed by atoms with Gasteiger partial charge in [-0.1, -0.05) is 18.2 Å². The number of aromatic hydroxyl groups is 1. The summed E-state index contributed by atoms with van der Waals surface area (Å²) in [6, 6.07) is 7.96. The number of aliphatic imine (C=N–C) groups is 1. The third-order valence-corrected chi connectivity index (χ3v) is 3.98. The molecule has 21 heavy (non-hydrogen) atoms. The zero-order valence-electron chi connectivity index (χ0n) is 12.3. The van der Waals surface area contributed by atoms with Gasteiger partial charge in [0.1, 0.15) is 0 Å². The Labute approximate surface area is 124 Å². The first-order chi connectivity index (χ1) is 10.3. The number of hydrogen-bond acceptors (Lipinski definition) is 4. The Bertz CT molecular complexity index is 642. The molecular formula is C16H21N3O2. The molecule has 1 aromatic heterocycles. The van der Waals surface area contributed by atoms with E-state index in [2.05, 4.69) is 9.89 Å². The fraction of sp³-hybridized carbons (Fsp3) is 0.438. The third kappa shape index (κ3) is 2.94. The smallest absolute Gasteiger partial charge is 0.200 e. The Morgan fingerprint density at radius 2 is 2.05 bits per heavy atom. The largest absolute Gasteiger partial charge is 0.494 e. The van der Waals surface area contributed by atoms with Crippen LogP contribution < -0.4 is 0 Å². The van der Waals surface area contributed by atoms with Gasteiger partial charge < -0.3 is 14.4 Å². The maximum absolute atomic E-state index is 10.2. The predicted octanol–water partition coefficient (Wildman–Crippen LogP) is 1.63. The number of benzene rings is 1. The molecule has 0 amide bonds. The summed E-state index contributed by atoms with van der Waals surface area (Å²) in [5.41, 5.74) is 1.82. The zero-order valence-corrected chi connectivity index (χ0v) is 12.3. The molecule has 5 nitrogen and oxygen atoms in total. The van der Waals surface area contributed by atoms with E-state index in [0.29, 0.717) is 0 Å². The lowest BCUT2D eigenvalue weighted by atomic mass is 10.2. The highest BCUT2D eigenvalue weighted by Crippen LogP contribution is 2.28. The molecule has 2 heterocycles. The summed E-state index contributed by atoms with van der Waals surface area (Å²) < 4.78 is 7.12. The van der Waals surface area contributed by atoms with Gasteiger partial charge >= 0.3 is 0 Å². The summed E-state index contributed by atoms with van der Waals surface area (Å²) in [5, 5.41) is 11.2. The SMILES string of the molecule is Cn1c(O)c(C=NCCN2CCOCC2)c2ccccc21. The minimum atomic E-state index is 0.270. The minimum absolute atomic E-state index is 0.270. The maximum Gasteiger partial charge on any atom is 0.200 e. The van der Waals surface area contributed by atoms with Gasteiger partial charge in [-0.15, -0.1) is 0 Å². The second-order valence-electron chi connectivity index (χ2n) is 5.30. The van der Waals surface area contributed by atoms with Crippen molar-refractivity contribution in [2.24, 2.45) is 12.0 Å². The normalized spacial score (nSPS) is 17.0. The number of morpholine rings is 1. The summed E-state index contributed by atoms with van der Waals surface area (Å²) >= 11 is 0. The van der Waals surface area contributed by atoms with Gasteiger partial charge in [0.15, 0.2) is 0 Å². The summed E-state index contributed by atoms with van der Waals surface area (Å²) in [6.45, 7) is 5.26. The number of aryl methyl sites for hydroxylation is 1. The third-order valence-electron chi connectivity index (χ3n) is 3.98. The van der Waals surface area contributed by atoms with Crippen LogP contribution >= 0.6 is 0 Å². The molecule has 1 aliphatic rings. The van der Waals surface area contributed by atoms with Crippen molar-refractivity contribution < 1.29 is 9.84 Å². The van der Waals surface area contributed by atoms with Crippen molar-refractivity contribution in [1.82, 2.24) is 9.47 Å². The lowest BCUT2D eigenvalue weighted by molar-refractivity contribution is 0.0395. The molecule has 2 aromatic rings. The monoisotopic (exact) mass is 287 g/mol. The van der Waals surface area contributed by atoms with Crippen molar-refractivity contribution in [2.45, 2.75) is 0 Å². The molecule has 1 aromatic carbocycles. The number of para-hydroxylation sites is 1. The van der Waals surface area contributed by atoms with Crippen LogP contribution in [0.25, 0.3) is 10.9 Å². The van der Waals surface area contributed by atoms with Gasteiger partial charge in [0.25, 0.3) is 0 Å². The molecule has 0 saturated carbocycles. The van der Waals surface area contributed by atoms with E-state index in [9.17, 15) is 5.11 Å². The maximum atomic E-state index is 10.2. The average Bonchev–Trinajstić information content (AvgIpc) is 2.77. The number of fused-ring (bicyclic) bond motifs is 1. The van der Waals surface area contributed by atoms with Crippen LogP contribution in [0.15, 0.2) is 29.3 Å². The van der Waals surface area contributed by atoms with Crippen molar-refractivity contribution in [2.75, 3.05) is 39.4 Å². The van der Waals surface area contributed by atoms with E-state index in [-0.39, 0.29) is 5.88 Å². The topological polar surface area (TPSA) is 50.0 Å². The van der Waals surface area contributed by atoms with Crippen LogP contribution in [0.1, 0.15) is 5.56 Å². The number of nitrogens with zero attached hydrogens (tertiary/aromatic N) is 3. The van der Waals surface area contributed by atoms with E-state index in [0.717, 1.165) is 55.9 Å². The quantitative estimate of drug-likeness (QED) is 0.870. The van der Waals surface area contributed by atoms with E-state index in [1.54, 1.807) is 10.8 Å².